The first-order chi connectivity index (χ1) is 9.08. The topological polar surface area (TPSA) is 104 Å². The molecule has 0 saturated heterocycles. The summed E-state index contributed by atoms with van der Waals surface area (Å²) in [4.78, 5) is 35.8. The summed E-state index contributed by atoms with van der Waals surface area (Å²) in [5, 5.41) is 10.7. The number of nitrogens with one attached hydrogen (secondary N) is 2. The highest BCUT2D eigenvalue weighted by Gasteiger charge is 2.07. The van der Waals surface area contributed by atoms with Crippen molar-refractivity contribution in [2.75, 3.05) is 6.54 Å². The van der Waals surface area contributed by atoms with Crippen molar-refractivity contribution in [3.05, 3.63) is 52.7 Å². The van der Waals surface area contributed by atoms with Gasteiger partial charge in [-0.05, 0) is 24.3 Å². The minimum Gasteiger partial charge on any atom is -0.480 e. The number of carboxylic acids is 1. The van der Waals surface area contributed by atoms with Gasteiger partial charge in [-0.2, -0.15) is 0 Å². The third-order valence-electron chi connectivity index (χ3n) is 2.46. The minimum atomic E-state index is -1.11. The fourth-order valence-corrected chi connectivity index (χ4v) is 1.56. The summed E-state index contributed by atoms with van der Waals surface area (Å²) in [6, 6.07) is 6.24. The van der Waals surface area contributed by atoms with Gasteiger partial charge in [0.05, 0.1) is 5.69 Å². The Hall–Kier alpha value is -2.83. The Morgan fingerprint density at radius 3 is 2.47 bits per heavy atom. The summed E-state index contributed by atoms with van der Waals surface area (Å²) >= 11 is 0. The van der Waals surface area contributed by atoms with E-state index in [2.05, 4.69) is 10.3 Å². The van der Waals surface area contributed by atoms with Crippen LogP contribution in [0.2, 0.25) is 0 Å². The molecule has 1 amide bonds. The van der Waals surface area contributed by atoms with Crippen LogP contribution in [0.1, 0.15) is 10.4 Å². The molecule has 1 heterocycles. The second-order valence-electron chi connectivity index (χ2n) is 3.76. The van der Waals surface area contributed by atoms with Gasteiger partial charge in [-0.15, -0.1) is 0 Å². The lowest BCUT2D eigenvalue weighted by atomic mass is 10.2. The number of carbonyl (C=O) groups is 2. The molecule has 0 atom stereocenters. The molecule has 0 saturated carbocycles. The second-order valence-corrected chi connectivity index (χ2v) is 3.76. The predicted molar refractivity (Wildman–Crippen MR) is 66.4 cm³/mol. The van der Waals surface area contributed by atoms with Crippen LogP contribution in [0.15, 0.2) is 41.5 Å². The summed E-state index contributed by atoms with van der Waals surface area (Å²) in [5.74, 6) is -1.58. The zero-order chi connectivity index (χ0) is 13.8. The van der Waals surface area contributed by atoms with Crippen LogP contribution in [-0.4, -0.2) is 33.1 Å². The van der Waals surface area contributed by atoms with Crippen LogP contribution in [0.5, 0.6) is 0 Å². The molecule has 0 unspecified atom stereocenters. The normalized spacial score (nSPS) is 10.1. The Bertz CT molecular complexity index is 654. The highest BCUT2D eigenvalue weighted by atomic mass is 16.4. The van der Waals surface area contributed by atoms with Crippen LogP contribution in [0.25, 0.3) is 5.69 Å². The van der Waals surface area contributed by atoms with Gasteiger partial charge < -0.3 is 15.4 Å². The predicted octanol–water partition coefficient (Wildman–Crippen LogP) is -0.0200. The average molecular weight is 261 g/mol. The monoisotopic (exact) mass is 261 g/mol. The highest BCUT2D eigenvalue weighted by molar-refractivity contribution is 5.95. The number of amides is 1. The molecular weight excluding hydrogens is 250 g/mol. The number of aromatic nitrogens is 2. The van der Waals surface area contributed by atoms with E-state index in [1.165, 1.54) is 22.9 Å². The summed E-state index contributed by atoms with van der Waals surface area (Å²) < 4.78 is 1.39. The van der Waals surface area contributed by atoms with Crippen molar-refractivity contribution in [2.24, 2.45) is 0 Å². The molecule has 0 spiro atoms. The number of aromatic amines is 1. The van der Waals surface area contributed by atoms with Gasteiger partial charge in [0.15, 0.2) is 0 Å². The number of carboxylic acid groups (broad SMARTS) is 1. The third kappa shape index (κ3) is 2.89. The van der Waals surface area contributed by atoms with Crippen molar-refractivity contribution >= 4 is 11.9 Å². The smallest absolute Gasteiger partial charge is 0.330 e. The zero-order valence-corrected chi connectivity index (χ0v) is 9.79. The number of aliphatic carboxylic acids is 1. The molecule has 0 fully saturated rings. The molecule has 0 radical (unpaired) electrons. The van der Waals surface area contributed by atoms with Gasteiger partial charge in [0.1, 0.15) is 6.54 Å². The average Bonchev–Trinajstić information content (AvgIpc) is 2.82. The maximum absolute atomic E-state index is 11.6. The number of H-pyrrole nitrogens is 1. The molecule has 98 valence electrons. The number of hydrogen-bond acceptors (Lipinski definition) is 3. The summed E-state index contributed by atoms with van der Waals surface area (Å²) in [5.41, 5.74) is 0.665. The lowest BCUT2D eigenvalue weighted by Gasteiger charge is -2.04. The standard InChI is InChI=1S/C12H11N3O4/c16-10(17)7-14-11(18)8-1-3-9(4-2-8)15-6-5-13-12(15)19/h1-6H,7H2,(H,13,19)(H,14,18)(H,16,17). The van der Waals surface area contributed by atoms with Crippen LogP contribution in [0, 0.1) is 0 Å². The molecule has 2 aromatic rings. The Balaban J connectivity index is 2.15. The quantitative estimate of drug-likeness (QED) is 0.719. The number of benzene rings is 1. The van der Waals surface area contributed by atoms with Crippen LogP contribution >= 0.6 is 0 Å². The van der Waals surface area contributed by atoms with E-state index in [0.29, 0.717) is 11.3 Å². The van der Waals surface area contributed by atoms with Crippen LogP contribution < -0.4 is 11.0 Å². The Kier molecular flexibility index (Phi) is 3.46. The highest BCUT2D eigenvalue weighted by Crippen LogP contribution is 2.07. The van der Waals surface area contributed by atoms with Gasteiger partial charge in [-0.1, -0.05) is 0 Å². The van der Waals surface area contributed by atoms with Gasteiger partial charge in [0.25, 0.3) is 5.91 Å². The van der Waals surface area contributed by atoms with Crippen molar-refractivity contribution in [2.45, 2.75) is 0 Å². The maximum atomic E-state index is 11.6. The number of hydrogen-bond donors (Lipinski definition) is 3. The van der Waals surface area contributed by atoms with Crippen molar-refractivity contribution in [1.29, 1.82) is 0 Å². The molecule has 1 aromatic heterocycles. The van der Waals surface area contributed by atoms with E-state index in [4.69, 9.17) is 5.11 Å². The fourth-order valence-electron chi connectivity index (χ4n) is 1.56. The van der Waals surface area contributed by atoms with Gasteiger partial charge in [0, 0.05) is 18.0 Å². The summed E-state index contributed by atoms with van der Waals surface area (Å²) in [6.07, 6.45) is 3.08. The number of imidazole rings is 1. The molecule has 0 bridgehead atoms. The Labute approximate surface area is 107 Å². The zero-order valence-electron chi connectivity index (χ0n) is 9.79. The molecule has 1 aromatic carbocycles. The summed E-state index contributed by atoms with van der Waals surface area (Å²) in [6.45, 7) is -0.433. The van der Waals surface area contributed by atoms with Crippen LogP contribution in [0.3, 0.4) is 0 Å². The van der Waals surface area contributed by atoms with Gasteiger partial charge in [0.2, 0.25) is 0 Å². The number of carbonyl (C=O) groups excluding carboxylic acids is 1. The molecule has 19 heavy (non-hydrogen) atoms. The van der Waals surface area contributed by atoms with Crippen molar-refractivity contribution in [3.8, 4) is 5.69 Å². The largest absolute Gasteiger partial charge is 0.480 e. The fraction of sp³-hybridized carbons (Fsp3) is 0.0833. The first-order valence-corrected chi connectivity index (χ1v) is 5.44. The third-order valence-corrected chi connectivity index (χ3v) is 2.46. The summed E-state index contributed by atoms with van der Waals surface area (Å²) in [7, 11) is 0. The second kappa shape index (κ2) is 5.21. The molecule has 0 aliphatic rings. The van der Waals surface area contributed by atoms with E-state index >= 15 is 0 Å². The Morgan fingerprint density at radius 1 is 1.26 bits per heavy atom. The van der Waals surface area contributed by atoms with E-state index in [9.17, 15) is 14.4 Å². The van der Waals surface area contributed by atoms with E-state index in [1.807, 2.05) is 0 Å². The molecule has 7 heteroatoms. The lowest BCUT2D eigenvalue weighted by Crippen LogP contribution is -2.29. The van der Waals surface area contributed by atoms with Gasteiger partial charge in [-0.25, -0.2) is 4.79 Å². The molecule has 3 N–H and O–H groups in total. The van der Waals surface area contributed by atoms with E-state index in [-0.39, 0.29) is 5.69 Å². The van der Waals surface area contributed by atoms with Crippen molar-refractivity contribution < 1.29 is 14.7 Å². The first-order valence-electron chi connectivity index (χ1n) is 5.44. The first kappa shape index (κ1) is 12.6. The number of rotatable bonds is 4. The van der Waals surface area contributed by atoms with E-state index in [0.717, 1.165) is 0 Å². The van der Waals surface area contributed by atoms with Crippen LogP contribution in [-0.2, 0) is 4.79 Å². The van der Waals surface area contributed by atoms with E-state index in [1.54, 1.807) is 18.3 Å². The molecule has 0 aliphatic carbocycles. The van der Waals surface area contributed by atoms with E-state index < -0.39 is 18.4 Å². The van der Waals surface area contributed by atoms with Gasteiger partial charge in [-0.3, -0.25) is 14.2 Å². The molecular formula is C12H11N3O4. The molecule has 7 nitrogen and oxygen atoms in total. The maximum Gasteiger partial charge on any atom is 0.330 e. The minimum absolute atomic E-state index is 0.275. The lowest BCUT2D eigenvalue weighted by molar-refractivity contribution is -0.135. The molecule has 0 aliphatic heterocycles. The SMILES string of the molecule is O=C(O)CNC(=O)c1ccc(-n2cc[nH]c2=O)cc1. The van der Waals surface area contributed by atoms with Gasteiger partial charge >= 0.3 is 11.7 Å². The number of nitrogens with zero attached hydrogens (tertiary/aromatic N) is 1. The Morgan fingerprint density at radius 2 is 1.95 bits per heavy atom. The van der Waals surface area contributed by atoms with Crippen molar-refractivity contribution in [3.63, 3.8) is 0 Å². The van der Waals surface area contributed by atoms with Crippen molar-refractivity contribution in [1.82, 2.24) is 14.9 Å². The van der Waals surface area contributed by atoms with Crippen LogP contribution in [0.4, 0.5) is 0 Å². The molecule has 2 rings (SSSR count).